The van der Waals surface area contributed by atoms with Crippen LogP contribution in [0.4, 0.5) is 5.82 Å². The molecular weight excluding hydrogens is 248 g/mol. The quantitative estimate of drug-likeness (QED) is 0.790. The van der Waals surface area contributed by atoms with Crippen molar-refractivity contribution >= 4 is 28.4 Å². The van der Waals surface area contributed by atoms with Crippen molar-refractivity contribution in [2.75, 3.05) is 17.3 Å². The molecule has 0 aliphatic carbocycles. The number of aromatic nitrogens is 1. The summed E-state index contributed by atoms with van der Waals surface area (Å²) in [5.41, 5.74) is 0.912. The number of rotatable bonds is 3. The third kappa shape index (κ3) is 2.07. The van der Waals surface area contributed by atoms with Gasteiger partial charge in [-0.25, -0.2) is 4.98 Å². The average molecular weight is 265 g/mol. The smallest absolute Gasteiger partial charge is 0.139 e. The number of alkyl halides is 1. The molecule has 1 unspecified atom stereocenters. The number of halogens is 1. The van der Waals surface area contributed by atoms with Gasteiger partial charge in [0.1, 0.15) is 11.4 Å². The molecule has 0 amide bonds. The van der Waals surface area contributed by atoms with Gasteiger partial charge in [0.2, 0.25) is 0 Å². The molecule has 3 heterocycles. The maximum atomic E-state index is 5.92. The molecule has 0 radical (unpaired) electrons. The highest BCUT2D eigenvalue weighted by atomic mass is 35.5. The fraction of sp³-hybridized carbons (Fsp3) is 0.500. The highest BCUT2D eigenvalue weighted by Crippen LogP contribution is 2.31. The molecule has 0 bridgehead atoms. The first-order valence-electron chi connectivity index (χ1n) is 6.55. The number of hydrogen-bond donors (Lipinski definition) is 0. The summed E-state index contributed by atoms with van der Waals surface area (Å²) in [5, 5.41) is 1.11. The van der Waals surface area contributed by atoms with E-state index in [4.69, 9.17) is 16.0 Å². The van der Waals surface area contributed by atoms with E-state index in [1.165, 1.54) is 19.3 Å². The highest BCUT2D eigenvalue weighted by molar-refractivity contribution is 6.17. The van der Waals surface area contributed by atoms with Crippen LogP contribution in [0.15, 0.2) is 29.0 Å². The van der Waals surface area contributed by atoms with Gasteiger partial charge in [0.25, 0.3) is 0 Å². The second kappa shape index (κ2) is 5.19. The van der Waals surface area contributed by atoms with Gasteiger partial charge in [-0.15, -0.1) is 11.6 Å². The van der Waals surface area contributed by atoms with E-state index in [1.54, 1.807) is 6.26 Å². The van der Waals surface area contributed by atoms with Crippen LogP contribution in [0.1, 0.15) is 25.7 Å². The summed E-state index contributed by atoms with van der Waals surface area (Å²) < 4.78 is 5.45. The van der Waals surface area contributed by atoms with Crippen molar-refractivity contribution in [3.8, 4) is 0 Å². The Bertz CT molecular complexity index is 523. The SMILES string of the molecule is ClCCC1CCCCN1c1nccc2occc12. The number of hydrogen-bond acceptors (Lipinski definition) is 3. The minimum atomic E-state index is 0.518. The third-order valence-electron chi connectivity index (χ3n) is 3.70. The summed E-state index contributed by atoms with van der Waals surface area (Å²) in [6.07, 6.45) is 8.32. The van der Waals surface area contributed by atoms with Gasteiger partial charge in [0.15, 0.2) is 0 Å². The van der Waals surface area contributed by atoms with Crippen LogP contribution in [0.5, 0.6) is 0 Å². The van der Waals surface area contributed by atoms with Crippen LogP contribution in [-0.2, 0) is 0 Å². The predicted molar refractivity (Wildman–Crippen MR) is 74.3 cm³/mol. The Labute approximate surface area is 112 Å². The summed E-state index contributed by atoms with van der Waals surface area (Å²) >= 11 is 5.92. The number of pyridine rings is 1. The number of nitrogens with zero attached hydrogens (tertiary/aromatic N) is 2. The van der Waals surface area contributed by atoms with Crippen molar-refractivity contribution in [2.24, 2.45) is 0 Å². The van der Waals surface area contributed by atoms with Crippen molar-refractivity contribution in [1.82, 2.24) is 4.98 Å². The van der Waals surface area contributed by atoms with Crippen molar-refractivity contribution in [3.63, 3.8) is 0 Å². The molecule has 0 N–H and O–H groups in total. The first kappa shape index (κ1) is 11.8. The lowest BCUT2D eigenvalue weighted by Crippen LogP contribution is -2.40. The topological polar surface area (TPSA) is 29.3 Å². The van der Waals surface area contributed by atoms with Crippen LogP contribution in [0.3, 0.4) is 0 Å². The van der Waals surface area contributed by atoms with E-state index in [2.05, 4.69) is 9.88 Å². The molecule has 4 heteroatoms. The summed E-state index contributed by atoms with van der Waals surface area (Å²) in [7, 11) is 0. The van der Waals surface area contributed by atoms with Crippen molar-refractivity contribution in [3.05, 3.63) is 24.6 Å². The van der Waals surface area contributed by atoms with Crippen molar-refractivity contribution in [2.45, 2.75) is 31.7 Å². The van der Waals surface area contributed by atoms with Gasteiger partial charge in [-0.2, -0.15) is 0 Å². The average Bonchev–Trinajstić information content (AvgIpc) is 2.88. The third-order valence-corrected chi connectivity index (χ3v) is 3.92. The molecule has 1 saturated heterocycles. The van der Waals surface area contributed by atoms with Gasteiger partial charge >= 0.3 is 0 Å². The molecule has 1 atom stereocenters. The molecule has 1 aliphatic heterocycles. The van der Waals surface area contributed by atoms with E-state index < -0.39 is 0 Å². The van der Waals surface area contributed by atoms with E-state index in [-0.39, 0.29) is 0 Å². The van der Waals surface area contributed by atoms with Crippen LogP contribution in [0, 0.1) is 0 Å². The standard InChI is InChI=1S/C14H17ClN2O/c15-7-4-11-3-1-2-9-17(11)14-12-6-10-18-13(12)5-8-16-14/h5-6,8,10-11H,1-4,7,9H2. The molecule has 3 nitrogen and oxygen atoms in total. The lowest BCUT2D eigenvalue weighted by atomic mass is 9.99. The fourth-order valence-electron chi connectivity index (χ4n) is 2.81. The molecule has 96 valence electrons. The van der Waals surface area contributed by atoms with E-state index >= 15 is 0 Å². The minimum Gasteiger partial charge on any atom is -0.464 e. The largest absolute Gasteiger partial charge is 0.464 e. The number of fused-ring (bicyclic) bond motifs is 1. The Hall–Kier alpha value is -1.22. The Morgan fingerprint density at radius 2 is 2.33 bits per heavy atom. The second-order valence-electron chi connectivity index (χ2n) is 4.79. The molecule has 1 aliphatic rings. The summed E-state index contributed by atoms with van der Waals surface area (Å²) in [4.78, 5) is 6.96. The Morgan fingerprint density at radius 1 is 1.39 bits per heavy atom. The maximum absolute atomic E-state index is 5.92. The molecule has 1 fully saturated rings. The van der Waals surface area contributed by atoms with Crippen LogP contribution in [-0.4, -0.2) is 23.5 Å². The van der Waals surface area contributed by atoms with Gasteiger partial charge in [-0.05, 0) is 37.8 Å². The zero-order valence-electron chi connectivity index (χ0n) is 10.3. The number of furan rings is 1. The molecule has 0 spiro atoms. The number of piperidine rings is 1. The van der Waals surface area contributed by atoms with E-state index in [1.807, 2.05) is 18.3 Å². The number of anilines is 1. The molecule has 3 rings (SSSR count). The lowest BCUT2D eigenvalue weighted by molar-refractivity contribution is 0.449. The molecule has 2 aromatic rings. The summed E-state index contributed by atoms with van der Waals surface area (Å²) in [5.74, 6) is 1.76. The van der Waals surface area contributed by atoms with E-state index in [0.29, 0.717) is 11.9 Å². The summed E-state index contributed by atoms with van der Waals surface area (Å²) in [6, 6.07) is 4.44. The highest BCUT2D eigenvalue weighted by Gasteiger charge is 2.24. The normalized spacial score (nSPS) is 20.5. The summed E-state index contributed by atoms with van der Waals surface area (Å²) in [6.45, 7) is 1.07. The van der Waals surface area contributed by atoms with Gasteiger partial charge in [-0.3, -0.25) is 0 Å². The first-order chi connectivity index (χ1) is 8.90. The van der Waals surface area contributed by atoms with Crippen molar-refractivity contribution in [1.29, 1.82) is 0 Å². The monoisotopic (exact) mass is 264 g/mol. The van der Waals surface area contributed by atoms with Gasteiger partial charge in [0, 0.05) is 24.7 Å². The zero-order chi connectivity index (χ0) is 12.4. The zero-order valence-corrected chi connectivity index (χ0v) is 11.1. The Morgan fingerprint density at radius 3 is 3.22 bits per heavy atom. The van der Waals surface area contributed by atoms with E-state index in [0.717, 1.165) is 29.8 Å². The molecule has 0 saturated carbocycles. The minimum absolute atomic E-state index is 0.518. The lowest BCUT2D eigenvalue weighted by Gasteiger charge is -2.36. The van der Waals surface area contributed by atoms with Crippen LogP contribution in [0.2, 0.25) is 0 Å². The van der Waals surface area contributed by atoms with Crippen molar-refractivity contribution < 1.29 is 4.42 Å². The molecular formula is C14H17ClN2O. The molecule has 18 heavy (non-hydrogen) atoms. The Kier molecular flexibility index (Phi) is 3.41. The van der Waals surface area contributed by atoms with Gasteiger partial charge in [-0.1, -0.05) is 0 Å². The first-order valence-corrected chi connectivity index (χ1v) is 7.08. The van der Waals surface area contributed by atoms with Crippen LogP contribution < -0.4 is 4.90 Å². The molecule has 2 aromatic heterocycles. The predicted octanol–water partition coefficient (Wildman–Crippen LogP) is 3.82. The van der Waals surface area contributed by atoms with Gasteiger partial charge in [0.05, 0.1) is 11.6 Å². The van der Waals surface area contributed by atoms with E-state index in [9.17, 15) is 0 Å². The maximum Gasteiger partial charge on any atom is 0.139 e. The van der Waals surface area contributed by atoms with Crippen LogP contribution >= 0.6 is 11.6 Å². The Balaban J connectivity index is 1.98. The fourth-order valence-corrected chi connectivity index (χ4v) is 3.07. The molecule has 0 aromatic carbocycles. The van der Waals surface area contributed by atoms with Gasteiger partial charge < -0.3 is 9.32 Å². The second-order valence-corrected chi connectivity index (χ2v) is 5.17. The van der Waals surface area contributed by atoms with Crippen LogP contribution in [0.25, 0.3) is 11.0 Å².